The van der Waals surface area contributed by atoms with Gasteiger partial charge < -0.3 is 9.84 Å². The standard InChI is InChI=1S/C13H18FNO3/c1-13(17,12(16)18-3)9-15(2)8-10-6-4-5-7-11(10)14/h4-7,17H,8-9H2,1-3H3. The maximum atomic E-state index is 13.4. The van der Waals surface area contributed by atoms with Crippen molar-refractivity contribution >= 4 is 5.97 Å². The van der Waals surface area contributed by atoms with Gasteiger partial charge >= 0.3 is 5.97 Å². The van der Waals surface area contributed by atoms with Crippen LogP contribution in [-0.2, 0) is 16.1 Å². The minimum absolute atomic E-state index is 0.0635. The van der Waals surface area contributed by atoms with Gasteiger partial charge in [-0.05, 0) is 20.0 Å². The topological polar surface area (TPSA) is 49.8 Å². The Balaban J connectivity index is 2.65. The molecule has 1 unspecified atom stereocenters. The van der Waals surface area contributed by atoms with Crippen molar-refractivity contribution < 1.29 is 19.0 Å². The van der Waals surface area contributed by atoms with Crippen molar-refractivity contribution in [3.8, 4) is 0 Å². The van der Waals surface area contributed by atoms with Gasteiger partial charge in [0.25, 0.3) is 0 Å². The Hall–Kier alpha value is -1.46. The van der Waals surface area contributed by atoms with Gasteiger partial charge in [-0.2, -0.15) is 0 Å². The Morgan fingerprint density at radius 2 is 2.11 bits per heavy atom. The van der Waals surface area contributed by atoms with E-state index in [4.69, 9.17) is 0 Å². The predicted molar refractivity (Wildman–Crippen MR) is 65.4 cm³/mol. The van der Waals surface area contributed by atoms with E-state index in [2.05, 4.69) is 4.74 Å². The predicted octanol–water partition coefficient (Wildman–Crippen LogP) is 1.18. The molecule has 100 valence electrons. The van der Waals surface area contributed by atoms with Crippen LogP contribution in [0.4, 0.5) is 4.39 Å². The van der Waals surface area contributed by atoms with Crippen LogP contribution < -0.4 is 0 Å². The molecule has 0 aliphatic carbocycles. The second-order valence-corrected chi connectivity index (χ2v) is 4.53. The van der Waals surface area contributed by atoms with Crippen LogP contribution in [0.25, 0.3) is 0 Å². The fourth-order valence-corrected chi connectivity index (χ4v) is 1.78. The molecule has 0 heterocycles. The molecule has 0 bridgehead atoms. The molecule has 0 saturated carbocycles. The lowest BCUT2D eigenvalue weighted by molar-refractivity contribution is -0.162. The molecule has 0 aliphatic heterocycles. The Kier molecular flexibility index (Phi) is 4.81. The first kappa shape index (κ1) is 14.6. The third-order valence-corrected chi connectivity index (χ3v) is 2.60. The minimum Gasteiger partial charge on any atom is -0.467 e. The number of esters is 1. The summed E-state index contributed by atoms with van der Waals surface area (Å²) in [4.78, 5) is 13.0. The van der Waals surface area contributed by atoms with Crippen LogP contribution in [0.1, 0.15) is 12.5 Å². The SMILES string of the molecule is COC(=O)C(C)(O)CN(C)Cc1ccccc1F. The number of methoxy groups -OCH3 is 1. The van der Waals surface area contributed by atoms with E-state index in [-0.39, 0.29) is 12.4 Å². The number of halogens is 1. The summed E-state index contributed by atoms with van der Waals surface area (Å²) in [5.41, 5.74) is -1.09. The maximum Gasteiger partial charge on any atom is 0.338 e. The highest BCUT2D eigenvalue weighted by Crippen LogP contribution is 2.12. The van der Waals surface area contributed by atoms with Crippen LogP contribution in [-0.4, -0.2) is 42.3 Å². The number of ether oxygens (including phenoxy) is 1. The Morgan fingerprint density at radius 1 is 1.50 bits per heavy atom. The fraction of sp³-hybridized carbons (Fsp3) is 0.462. The van der Waals surface area contributed by atoms with Gasteiger partial charge in [-0.3, -0.25) is 4.90 Å². The van der Waals surface area contributed by atoms with Crippen molar-refractivity contribution in [2.45, 2.75) is 19.1 Å². The summed E-state index contributed by atoms with van der Waals surface area (Å²) in [7, 11) is 2.91. The number of nitrogens with zero attached hydrogens (tertiary/aromatic N) is 1. The van der Waals surface area contributed by atoms with Crippen molar-refractivity contribution in [1.29, 1.82) is 0 Å². The molecule has 0 saturated heterocycles. The average molecular weight is 255 g/mol. The Morgan fingerprint density at radius 3 is 2.67 bits per heavy atom. The smallest absolute Gasteiger partial charge is 0.338 e. The molecule has 1 N–H and O–H groups in total. The van der Waals surface area contributed by atoms with E-state index < -0.39 is 11.6 Å². The van der Waals surface area contributed by atoms with Gasteiger partial charge in [-0.25, -0.2) is 9.18 Å². The molecule has 1 aromatic carbocycles. The number of rotatable bonds is 5. The van der Waals surface area contributed by atoms with Crippen LogP contribution in [0.2, 0.25) is 0 Å². The summed E-state index contributed by atoms with van der Waals surface area (Å²) in [6, 6.07) is 6.40. The Bertz CT molecular complexity index is 420. The van der Waals surface area contributed by atoms with E-state index in [0.29, 0.717) is 12.1 Å². The summed E-state index contributed by atoms with van der Waals surface area (Å²) >= 11 is 0. The van der Waals surface area contributed by atoms with Crippen molar-refractivity contribution in [3.63, 3.8) is 0 Å². The van der Waals surface area contributed by atoms with Gasteiger partial charge in [-0.1, -0.05) is 18.2 Å². The highest BCUT2D eigenvalue weighted by molar-refractivity contribution is 5.78. The summed E-state index contributed by atoms with van der Waals surface area (Å²) in [5.74, 6) is -1.01. The first-order chi connectivity index (χ1) is 8.36. The number of aliphatic hydroxyl groups is 1. The van der Waals surface area contributed by atoms with Gasteiger partial charge in [0.2, 0.25) is 0 Å². The molecule has 1 aromatic rings. The second kappa shape index (κ2) is 5.93. The van der Waals surface area contributed by atoms with Gasteiger partial charge in [0, 0.05) is 18.7 Å². The first-order valence-corrected chi connectivity index (χ1v) is 5.59. The molecule has 1 atom stereocenters. The molecular weight excluding hydrogens is 237 g/mol. The lowest BCUT2D eigenvalue weighted by Gasteiger charge is -2.26. The molecule has 1 rings (SSSR count). The number of carbonyl (C=O) groups is 1. The van der Waals surface area contributed by atoms with Crippen molar-refractivity contribution in [2.24, 2.45) is 0 Å². The van der Waals surface area contributed by atoms with Crippen LogP contribution >= 0.6 is 0 Å². The molecule has 4 nitrogen and oxygen atoms in total. The molecule has 5 heteroatoms. The monoisotopic (exact) mass is 255 g/mol. The molecule has 0 aliphatic rings. The van der Waals surface area contributed by atoms with Crippen LogP contribution in [0.15, 0.2) is 24.3 Å². The molecule has 0 amide bonds. The molecular formula is C13H18FNO3. The highest BCUT2D eigenvalue weighted by atomic mass is 19.1. The number of carbonyl (C=O) groups excluding carboxylic acids is 1. The minimum atomic E-state index is -1.60. The normalized spacial score (nSPS) is 14.3. The number of hydrogen-bond acceptors (Lipinski definition) is 4. The third kappa shape index (κ3) is 3.78. The van der Waals surface area contributed by atoms with Crippen molar-refractivity contribution in [3.05, 3.63) is 35.6 Å². The first-order valence-electron chi connectivity index (χ1n) is 5.59. The zero-order valence-electron chi connectivity index (χ0n) is 10.8. The van der Waals surface area contributed by atoms with Crippen LogP contribution in [0, 0.1) is 5.82 Å². The van der Waals surface area contributed by atoms with Crippen molar-refractivity contribution in [1.82, 2.24) is 4.90 Å². The van der Waals surface area contributed by atoms with E-state index in [0.717, 1.165) is 0 Å². The number of likely N-dealkylation sites (N-methyl/N-ethyl adjacent to an activating group) is 1. The fourth-order valence-electron chi connectivity index (χ4n) is 1.78. The lowest BCUT2D eigenvalue weighted by Crippen LogP contribution is -2.46. The molecule has 0 aromatic heterocycles. The molecule has 18 heavy (non-hydrogen) atoms. The Labute approximate surface area is 106 Å². The molecule has 0 radical (unpaired) electrons. The summed E-state index contributed by atoms with van der Waals surface area (Å²) in [5, 5.41) is 9.89. The van der Waals surface area contributed by atoms with Crippen LogP contribution in [0.5, 0.6) is 0 Å². The van der Waals surface area contributed by atoms with E-state index in [1.54, 1.807) is 30.1 Å². The molecule has 0 spiro atoms. The van der Waals surface area contributed by atoms with E-state index in [9.17, 15) is 14.3 Å². The average Bonchev–Trinajstić information content (AvgIpc) is 2.30. The number of hydrogen-bond donors (Lipinski definition) is 1. The van der Waals surface area contributed by atoms with Gasteiger partial charge in [0.05, 0.1) is 7.11 Å². The van der Waals surface area contributed by atoms with Crippen LogP contribution in [0.3, 0.4) is 0 Å². The van der Waals surface area contributed by atoms with E-state index >= 15 is 0 Å². The highest BCUT2D eigenvalue weighted by Gasteiger charge is 2.32. The largest absolute Gasteiger partial charge is 0.467 e. The zero-order chi connectivity index (χ0) is 13.8. The zero-order valence-corrected chi connectivity index (χ0v) is 10.8. The summed E-state index contributed by atoms with van der Waals surface area (Å²) in [6.07, 6.45) is 0. The number of benzene rings is 1. The van der Waals surface area contributed by atoms with Gasteiger partial charge in [0.15, 0.2) is 5.60 Å². The van der Waals surface area contributed by atoms with Gasteiger partial charge in [0.1, 0.15) is 5.82 Å². The summed E-state index contributed by atoms with van der Waals surface area (Å²) in [6.45, 7) is 1.74. The van der Waals surface area contributed by atoms with E-state index in [1.807, 2.05) is 0 Å². The quantitative estimate of drug-likeness (QED) is 0.803. The molecule has 0 fully saturated rings. The maximum absolute atomic E-state index is 13.4. The lowest BCUT2D eigenvalue weighted by atomic mass is 10.1. The second-order valence-electron chi connectivity index (χ2n) is 4.53. The van der Waals surface area contributed by atoms with Crippen molar-refractivity contribution in [2.75, 3.05) is 20.7 Å². The van der Waals surface area contributed by atoms with E-state index in [1.165, 1.54) is 20.1 Å². The summed E-state index contributed by atoms with van der Waals surface area (Å²) < 4.78 is 17.9. The third-order valence-electron chi connectivity index (χ3n) is 2.60. The van der Waals surface area contributed by atoms with Gasteiger partial charge in [-0.15, -0.1) is 0 Å².